The van der Waals surface area contributed by atoms with Gasteiger partial charge in [-0.1, -0.05) is 0 Å². The van der Waals surface area contributed by atoms with E-state index in [-0.39, 0.29) is 69.1 Å². The molecule has 7 heteroatoms. The van der Waals surface area contributed by atoms with Crippen LogP contribution in [-0.4, -0.2) is 9.97 Å². The van der Waals surface area contributed by atoms with Crippen molar-refractivity contribution in [3.05, 3.63) is 49.1 Å². The van der Waals surface area contributed by atoms with Gasteiger partial charge in [0.25, 0.3) is 0 Å². The van der Waals surface area contributed by atoms with Crippen LogP contribution >= 0.6 is 0 Å². The molecule has 0 aliphatic carbocycles. The quantitative estimate of drug-likeness (QED) is 0.446. The summed E-state index contributed by atoms with van der Waals surface area (Å²) < 4.78 is 0. The van der Waals surface area contributed by atoms with Crippen LogP contribution in [-0.2, 0) is 19.5 Å². The van der Waals surface area contributed by atoms with Crippen LogP contribution in [0.5, 0.6) is 0 Å². The van der Waals surface area contributed by atoms with Gasteiger partial charge >= 0.3 is 19.5 Å². The molecule has 17 heavy (non-hydrogen) atoms. The molecule has 0 saturated heterocycles. The summed E-state index contributed by atoms with van der Waals surface area (Å²) in [6, 6.07) is 7.93. The van der Waals surface area contributed by atoms with E-state index in [0.717, 1.165) is 0 Å². The van der Waals surface area contributed by atoms with E-state index in [1.807, 2.05) is 24.3 Å². The fourth-order valence-electron chi connectivity index (χ4n) is 1.09. The number of hydrogen-bond acceptors (Lipinski definition) is 2. The summed E-state index contributed by atoms with van der Waals surface area (Å²) in [4.78, 5) is 7.91. The molecule has 0 aromatic carbocycles. The van der Waals surface area contributed by atoms with Gasteiger partial charge in [-0.3, -0.25) is 9.97 Å². The normalized spacial score (nSPS) is 6.82. The molecule has 0 spiro atoms. The number of halogens is 4. The van der Waals surface area contributed by atoms with Gasteiger partial charge in [-0.25, -0.2) is 0 Å². The van der Waals surface area contributed by atoms with Crippen LogP contribution in [0.2, 0.25) is 0 Å². The molecule has 0 saturated carbocycles. The Morgan fingerprint density at radius 1 is 0.529 bits per heavy atom. The molecule has 0 unspecified atom stereocenters. The molecular weight excluding hydrogens is 391 g/mol. The van der Waals surface area contributed by atoms with Crippen molar-refractivity contribution in [3.63, 3.8) is 0 Å². The minimum absolute atomic E-state index is 0. The van der Waals surface area contributed by atoms with E-state index >= 15 is 0 Å². The smallest absolute Gasteiger partial charge is 1.00 e. The number of aromatic nitrogens is 2. The SMILES string of the molecule is [Cl-].[Cl-].[Cl-].[Cl-].[Ru+4].c1cc(-c2ccncc2)ccn1. The maximum absolute atomic E-state index is 3.96. The third kappa shape index (κ3) is 7.91. The van der Waals surface area contributed by atoms with Crippen molar-refractivity contribution < 1.29 is 69.1 Å². The molecule has 0 radical (unpaired) electrons. The van der Waals surface area contributed by atoms with E-state index in [4.69, 9.17) is 0 Å². The van der Waals surface area contributed by atoms with Crippen LogP contribution in [0.15, 0.2) is 49.1 Å². The van der Waals surface area contributed by atoms with Crippen LogP contribution in [0.4, 0.5) is 0 Å². The fraction of sp³-hybridized carbons (Fsp3) is 0. The summed E-state index contributed by atoms with van der Waals surface area (Å²) in [5, 5.41) is 0. The standard InChI is InChI=1S/C10H8N2.4ClH.Ru/c1-5-11-6-2-9(1)10-3-7-12-8-4-10;;;;;/h1-8H;4*1H;/q;;;;;+4/p-4. The van der Waals surface area contributed by atoms with Crippen molar-refractivity contribution in [2.24, 2.45) is 0 Å². The largest absolute Gasteiger partial charge is 4.00 e. The number of pyridine rings is 2. The van der Waals surface area contributed by atoms with Gasteiger partial charge in [-0.2, -0.15) is 0 Å². The van der Waals surface area contributed by atoms with Crippen LogP contribution in [0.1, 0.15) is 0 Å². The maximum atomic E-state index is 3.96. The van der Waals surface area contributed by atoms with Gasteiger partial charge in [0.2, 0.25) is 0 Å². The second kappa shape index (κ2) is 14.1. The molecule has 0 aliphatic rings. The first kappa shape index (κ1) is 25.8. The predicted molar refractivity (Wildman–Crippen MR) is 47.5 cm³/mol. The van der Waals surface area contributed by atoms with E-state index in [0.29, 0.717) is 0 Å². The number of rotatable bonds is 1. The minimum Gasteiger partial charge on any atom is -1.00 e. The third-order valence-electron chi connectivity index (χ3n) is 1.69. The number of nitrogens with zero attached hydrogens (tertiary/aromatic N) is 2. The Morgan fingerprint density at radius 2 is 0.765 bits per heavy atom. The molecule has 0 amide bonds. The average Bonchev–Trinajstić information content (AvgIpc) is 2.21. The molecule has 0 aliphatic heterocycles. The van der Waals surface area contributed by atoms with E-state index in [2.05, 4.69) is 9.97 Å². The minimum atomic E-state index is 0. The van der Waals surface area contributed by atoms with Crippen LogP contribution in [0, 0.1) is 0 Å². The van der Waals surface area contributed by atoms with E-state index < -0.39 is 0 Å². The molecule has 2 rings (SSSR count). The second-order valence-electron chi connectivity index (χ2n) is 2.47. The van der Waals surface area contributed by atoms with Crippen molar-refractivity contribution in [2.75, 3.05) is 0 Å². The predicted octanol–water partition coefficient (Wildman–Crippen LogP) is -9.84. The molecule has 0 bridgehead atoms. The summed E-state index contributed by atoms with van der Waals surface area (Å²) in [7, 11) is 0. The molecule has 2 aromatic heterocycles. The molecule has 0 atom stereocenters. The van der Waals surface area contributed by atoms with E-state index in [9.17, 15) is 0 Å². The average molecular weight is 399 g/mol. The molecule has 2 nitrogen and oxygen atoms in total. The zero-order valence-corrected chi connectivity index (χ0v) is 13.1. The summed E-state index contributed by atoms with van der Waals surface area (Å²) in [5.41, 5.74) is 2.35. The van der Waals surface area contributed by atoms with Gasteiger partial charge in [0.15, 0.2) is 0 Å². The van der Waals surface area contributed by atoms with Crippen LogP contribution in [0.25, 0.3) is 11.1 Å². The second-order valence-corrected chi connectivity index (χ2v) is 2.47. The topological polar surface area (TPSA) is 25.8 Å². The summed E-state index contributed by atoms with van der Waals surface area (Å²) in [6.07, 6.45) is 7.15. The Morgan fingerprint density at radius 3 is 1.00 bits per heavy atom. The summed E-state index contributed by atoms with van der Waals surface area (Å²) in [6.45, 7) is 0. The van der Waals surface area contributed by atoms with Gasteiger partial charge in [0, 0.05) is 24.8 Å². The first-order valence-electron chi connectivity index (χ1n) is 3.77. The zero-order valence-electron chi connectivity index (χ0n) is 8.38. The first-order valence-corrected chi connectivity index (χ1v) is 3.77. The number of hydrogen-bond donors (Lipinski definition) is 0. The van der Waals surface area contributed by atoms with Gasteiger partial charge in [-0.15, -0.1) is 0 Å². The van der Waals surface area contributed by atoms with Gasteiger partial charge < -0.3 is 49.6 Å². The fourth-order valence-corrected chi connectivity index (χ4v) is 1.09. The van der Waals surface area contributed by atoms with Crippen molar-refractivity contribution in [2.45, 2.75) is 0 Å². The summed E-state index contributed by atoms with van der Waals surface area (Å²) >= 11 is 0. The maximum Gasteiger partial charge on any atom is 4.00 e. The molecule has 94 valence electrons. The van der Waals surface area contributed by atoms with Gasteiger partial charge in [-0.05, 0) is 35.4 Å². The Balaban J connectivity index is -0.000000169. The Hall–Kier alpha value is 0.0834. The molecular formula is C10H8Cl4N2Ru. The molecule has 2 heterocycles. The van der Waals surface area contributed by atoms with E-state index in [1.165, 1.54) is 11.1 Å². The van der Waals surface area contributed by atoms with Gasteiger partial charge in [0.1, 0.15) is 0 Å². The Kier molecular flexibility index (Phi) is 21.5. The van der Waals surface area contributed by atoms with Gasteiger partial charge in [0.05, 0.1) is 0 Å². The molecule has 2 aromatic rings. The van der Waals surface area contributed by atoms with Crippen LogP contribution in [0.3, 0.4) is 0 Å². The zero-order chi connectivity index (χ0) is 8.23. The Labute approximate surface area is 138 Å². The summed E-state index contributed by atoms with van der Waals surface area (Å²) in [5.74, 6) is 0. The van der Waals surface area contributed by atoms with Crippen molar-refractivity contribution in [3.8, 4) is 11.1 Å². The van der Waals surface area contributed by atoms with Crippen molar-refractivity contribution >= 4 is 0 Å². The van der Waals surface area contributed by atoms with Crippen LogP contribution < -0.4 is 49.6 Å². The monoisotopic (exact) mass is 398 g/mol. The van der Waals surface area contributed by atoms with E-state index in [1.54, 1.807) is 24.8 Å². The van der Waals surface area contributed by atoms with Crippen molar-refractivity contribution in [1.82, 2.24) is 9.97 Å². The first-order chi connectivity index (χ1) is 5.97. The Bertz CT molecular complexity index is 324. The van der Waals surface area contributed by atoms with Crippen molar-refractivity contribution in [1.29, 1.82) is 0 Å². The molecule has 0 fully saturated rings. The molecule has 0 N–H and O–H groups in total. The third-order valence-corrected chi connectivity index (χ3v) is 1.69.